The van der Waals surface area contributed by atoms with Crippen molar-refractivity contribution < 1.29 is 9.53 Å². The van der Waals surface area contributed by atoms with Crippen LogP contribution in [0.2, 0.25) is 0 Å². The number of benzene rings is 1. The SMILES string of the molecule is CN=C(NCc1ccccc1)N1CCN(C(=O)C2CCCO2)CC1.I. The summed E-state index contributed by atoms with van der Waals surface area (Å²) in [5.74, 6) is 1.04. The van der Waals surface area contributed by atoms with Gasteiger partial charge in [0.15, 0.2) is 5.96 Å². The van der Waals surface area contributed by atoms with Crippen molar-refractivity contribution in [1.82, 2.24) is 15.1 Å². The number of guanidine groups is 1. The van der Waals surface area contributed by atoms with Crippen LogP contribution in [0.4, 0.5) is 0 Å². The average molecular weight is 458 g/mol. The van der Waals surface area contributed by atoms with E-state index < -0.39 is 0 Å². The molecule has 2 fully saturated rings. The Balaban J connectivity index is 0.00000225. The Morgan fingerprint density at radius 1 is 1.20 bits per heavy atom. The standard InChI is InChI=1S/C18H26N4O2.HI/c1-19-18(20-14-15-6-3-2-4-7-15)22-11-9-21(10-12-22)17(23)16-8-5-13-24-16;/h2-4,6-7,16H,5,8-14H2,1H3,(H,19,20);1H. The fourth-order valence-corrected chi connectivity index (χ4v) is 3.22. The lowest BCUT2D eigenvalue weighted by molar-refractivity contribution is -0.142. The third kappa shape index (κ3) is 5.31. The van der Waals surface area contributed by atoms with Crippen molar-refractivity contribution in [3.8, 4) is 0 Å². The van der Waals surface area contributed by atoms with E-state index in [1.54, 1.807) is 7.05 Å². The van der Waals surface area contributed by atoms with Gasteiger partial charge in [0.2, 0.25) is 0 Å². The molecule has 1 atom stereocenters. The van der Waals surface area contributed by atoms with E-state index in [0.29, 0.717) is 6.61 Å². The molecular weight excluding hydrogens is 431 g/mol. The number of carbonyl (C=O) groups excluding carboxylic acids is 1. The Bertz CT molecular complexity index is 568. The van der Waals surface area contributed by atoms with E-state index in [-0.39, 0.29) is 36.0 Å². The highest BCUT2D eigenvalue weighted by Gasteiger charge is 2.30. The van der Waals surface area contributed by atoms with Crippen LogP contribution in [-0.2, 0) is 16.1 Å². The van der Waals surface area contributed by atoms with E-state index in [0.717, 1.165) is 51.5 Å². The molecule has 7 heteroatoms. The van der Waals surface area contributed by atoms with Crippen molar-refractivity contribution in [2.45, 2.75) is 25.5 Å². The monoisotopic (exact) mass is 458 g/mol. The zero-order chi connectivity index (χ0) is 16.8. The van der Waals surface area contributed by atoms with Crippen molar-refractivity contribution in [3.05, 3.63) is 35.9 Å². The first-order valence-corrected chi connectivity index (χ1v) is 8.68. The summed E-state index contributed by atoms with van der Waals surface area (Å²) >= 11 is 0. The molecule has 0 aliphatic carbocycles. The van der Waals surface area contributed by atoms with Gasteiger partial charge in [-0.1, -0.05) is 30.3 Å². The molecule has 2 saturated heterocycles. The fraction of sp³-hybridized carbons (Fsp3) is 0.556. The van der Waals surface area contributed by atoms with Gasteiger partial charge in [-0.2, -0.15) is 0 Å². The number of aliphatic imine (C=N–C) groups is 1. The summed E-state index contributed by atoms with van der Waals surface area (Å²) in [6.45, 7) is 4.52. The number of ether oxygens (including phenoxy) is 1. The van der Waals surface area contributed by atoms with Gasteiger partial charge >= 0.3 is 0 Å². The number of piperazine rings is 1. The Morgan fingerprint density at radius 2 is 1.88 bits per heavy atom. The molecule has 0 spiro atoms. The van der Waals surface area contributed by atoms with Gasteiger partial charge in [-0.3, -0.25) is 9.79 Å². The maximum Gasteiger partial charge on any atom is 0.251 e. The molecule has 0 aromatic heterocycles. The first-order chi connectivity index (χ1) is 11.8. The van der Waals surface area contributed by atoms with Gasteiger partial charge in [-0.15, -0.1) is 24.0 Å². The van der Waals surface area contributed by atoms with Crippen LogP contribution < -0.4 is 5.32 Å². The molecule has 1 aromatic rings. The maximum atomic E-state index is 12.4. The number of hydrogen-bond acceptors (Lipinski definition) is 3. The molecule has 0 radical (unpaired) electrons. The Hall–Kier alpha value is -1.35. The molecule has 6 nitrogen and oxygen atoms in total. The predicted molar refractivity (Wildman–Crippen MR) is 109 cm³/mol. The van der Waals surface area contributed by atoms with E-state index in [1.807, 2.05) is 23.1 Å². The van der Waals surface area contributed by atoms with Gasteiger partial charge in [0.25, 0.3) is 5.91 Å². The third-order valence-electron chi connectivity index (χ3n) is 4.60. The zero-order valence-electron chi connectivity index (χ0n) is 14.7. The summed E-state index contributed by atoms with van der Waals surface area (Å²) in [5.41, 5.74) is 1.23. The molecule has 138 valence electrons. The average Bonchev–Trinajstić information content (AvgIpc) is 3.18. The highest BCUT2D eigenvalue weighted by atomic mass is 127. The minimum atomic E-state index is -0.216. The van der Waals surface area contributed by atoms with E-state index in [4.69, 9.17) is 4.74 Å². The van der Waals surface area contributed by atoms with Crippen LogP contribution >= 0.6 is 24.0 Å². The molecule has 1 aromatic carbocycles. The molecule has 2 heterocycles. The molecule has 3 rings (SSSR count). The second-order valence-electron chi connectivity index (χ2n) is 6.20. The second-order valence-corrected chi connectivity index (χ2v) is 6.20. The molecule has 2 aliphatic rings. The Labute approximate surface area is 166 Å². The Kier molecular flexibility index (Phi) is 7.95. The summed E-state index contributed by atoms with van der Waals surface area (Å²) in [6.07, 6.45) is 1.64. The quantitative estimate of drug-likeness (QED) is 0.426. The van der Waals surface area contributed by atoms with E-state index >= 15 is 0 Å². The van der Waals surface area contributed by atoms with Crippen LogP contribution in [0.3, 0.4) is 0 Å². The topological polar surface area (TPSA) is 57.2 Å². The fourth-order valence-electron chi connectivity index (χ4n) is 3.22. The van der Waals surface area contributed by atoms with Crippen LogP contribution in [0.1, 0.15) is 18.4 Å². The van der Waals surface area contributed by atoms with Crippen LogP contribution in [0.25, 0.3) is 0 Å². The number of amides is 1. The Morgan fingerprint density at radius 3 is 2.48 bits per heavy atom. The van der Waals surface area contributed by atoms with Crippen LogP contribution in [-0.4, -0.2) is 67.6 Å². The summed E-state index contributed by atoms with van der Waals surface area (Å²) in [7, 11) is 1.80. The molecule has 25 heavy (non-hydrogen) atoms. The summed E-state index contributed by atoms with van der Waals surface area (Å²) in [6, 6.07) is 10.3. The number of hydrogen-bond donors (Lipinski definition) is 1. The number of halogens is 1. The van der Waals surface area contributed by atoms with Gasteiger partial charge in [-0.25, -0.2) is 0 Å². The minimum Gasteiger partial charge on any atom is -0.368 e. The van der Waals surface area contributed by atoms with Crippen molar-refractivity contribution >= 4 is 35.8 Å². The summed E-state index contributed by atoms with van der Waals surface area (Å²) < 4.78 is 5.51. The number of nitrogens with zero attached hydrogens (tertiary/aromatic N) is 3. The van der Waals surface area contributed by atoms with Gasteiger partial charge < -0.3 is 19.9 Å². The van der Waals surface area contributed by atoms with Gasteiger partial charge in [0, 0.05) is 46.4 Å². The van der Waals surface area contributed by atoms with E-state index in [9.17, 15) is 4.79 Å². The number of carbonyl (C=O) groups is 1. The summed E-state index contributed by atoms with van der Waals surface area (Å²) in [5, 5.41) is 3.40. The molecule has 1 amide bonds. The van der Waals surface area contributed by atoms with Crippen molar-refractivity contribution in [2.24, 2.45) is 4.99 Å². The smallest absolute Gasteiger partial charge is 0.251 e. The number of nitrogens with one attached hydrogen (secondary N) is 1. The summed E-state index contributed by atoms with van der Waals surface area (Å²) in [4.78, 5) is 20.9. The van der Waals surface area contributed by atoms with Crippen LogP contribution in [0.15, 0.2) is 35.3 Å². The molecule has 1 unspecified atom stereocenters. The third-order valence-corrected chi connectivity index (χ3v) is 4.60. The lowest BCUT2D eigenvalue weighted by atomic mass is 10.2. The van der Waals surface area contributed by atoms with Gasteiger partial charge in [-0.05, 0) is 18.4 Å². The van der Waals surface area contributed by atoms with Crippen molar-refractivity contribution in [1.29, 1.82) is 0 Å². The van der Waals surface area contributed by atoms with Crippen LogP contribution in [0, 0.1) is 0 Å². The predicted octanol–water partition coefficient (Wildman–Crippen LogP) is 1.70. The molecule has 1 N–H and O–H groups in total. The first kappa shape index (κ1) is 20.0. The molecule has 2 aliphatic heterocycles. The normalized spacial score (nSPS) is 21.0. The minimum absolute atomic E-state index is 0. The maximum absolute atomic E-state index is 12.4. The molecular formula is C18H27IN4O2. The van der Waals surface area contributed by atoms with Crippen LogP contribution in [0.5, 0.6) is 0 Å². The lowest BCUT2D eigenvalue weighted by Gasteiger charge is -2.37. The first-order valence-electron chi connectivity index (χ1n) is 8.68. The highest BCUT2D eigenvalue weighted by molar-refractivity contribution is 14.0. The van der Waals surface area contributed by atoms with E-state index in [1.165, 1.54) is 5.56 Å². The molecule has 0 saturated carbocycles. The lowest BCUT2D eigenvalue weighted by Crippen LogP contribution is -2.55. The van der Waals surface area contributed by atoms with Crippen molar-refractivity contribution in [3.63, 3.8) is 0 Å². The van der Waals surface area contributed by atoms with Gasteiger partial charge in [0.05, 0.1) is 0 Å². The van der Waals surface area contributed by atoms with E-state index in [2.05, 4.69) is 27.3 Å². The number of rotatable bonds is 3. The highest BCUT2D eigenvalue weighted by Crippen LogP contribution is 2.16. The molecule has 0 bridgehead atoms. The largest absolute Gasteiger partial charge is 0.368 e. The second kappa shape index (κ2) is 9.96. The zero-order valence-corrected chi connectivity index (χ0v) is 17.0. The van der Waals surface area contributed by atoms with Gasteiger partial charge in [0.1, 0.15) is 6.10 Å². The van der Waals surface area contributed by atoms with Crippen molar-refractivity contribution in [2.75, 3.05) is 39.8 Å².